The van der Waals surface area contributed by atoms with Gasteiger partial charge in [0.05, 0.1) is 28.1 Å². The Labute approximate surface area is 177 Å². The Balaban J connectivity index is 2.42. The standard InChI is InChI=1S/C21H19ClFN3O4/c1-11(2)30-19-9-18(26-21(29)14(10-24)12(3)27)16(23)8-13(19)20(28)25-17-7-5-4-6-15(17)22/h4-9,11,27H,1-3H3,(H,25,28)(H,26,29)/b14-12-. The van der Waals surface area contributed by atoms with Gasteiger partial charge in [-0.15, -0.1) is 0 Å². The number of hydrogen-bond donors (Lipinski definition) is 3. The second kappa shape index (κ2) is 9.76. The van der Waals surface area contributed by atoms with E-state index in [9.17, 15) is 19.1 Å². The smallest absolute Gasteiger partial charge is 0.269 e. The fourth-order valence-electron chi connectivity index (χ4n) is 2.41. The van der Waals surface area contributed by atoms with Crippen molar-refractivity contribution in [3.63, 3.8) is 0 Å². The lowest BCUT2D eigenvalue weighted by Gasteiger charge is -2.17. The van der Waals surface area contributed by atoms with Crippen LogP contribution in [0, 0.1) is 17.1 Å². The lowest BCUT2D eigenvalue weighted by molar-refractivity contribution is -0.112. The van der Waals surface area contributed by atoms with E-state index in [1.807, 2.05) is 0 Å². The third-order valence-electron chi connectivity index (χ3n) is 3.75. The van der Waals surface area contributed by atoms with Gasteiger partial charge >= 0.3 is 0 Å². The van der Waals surface area contributed by atoms with Crippen LogP contribution in [-0.4, -0.2) is 23.0 Å². The van der Waals surface area contributed by atoms with Gasteiger partial charge in [0.2, 0.25) is 0 Å². The van der Waals surface area contributed by atoms with E-state index < -0.39 is 29.0 Å². The first-order valence-corrected chi connectivity index (χ1v) is 9.19. The predicted molar refractivity (Wildman–Crippen MR) is 111 cm³/mol. The number of carbonyl (C=O) groups is 2. The maximum absolute atomic E-state index is 14.6. The molecule has 30 heavy (non-hydrogen) atoms. The second-order valence-corrected chi connectivity index (χ2v) is 6.86. The van der Waals surface area contributed by atoms with E-state index in [0.29, 0.717) is 10.7 Å². The zero-order valence-electron chi connectivity index (χ0n) is 16.4. The first kappa shape index (κ1) is 22.7. The number of nitrogens with zero attached hydrogens (tertiary/aromatic N) is 1. The molecule has 9 heteroatoms. The highest BCUT2D eigenvalue weighted by atomic mass is 35.5. The number of nitrogens with one attached hydrogen (secondary N) is 2. The van der Waals surface area contributed by atoms with E-state index in [1.54, 1.807) is 38.1 Å². The van der Waals surface area contributed by atoms with Gasteiger partial charge in [-0.1, -0.05) is 23.7 Å². The summed E-state index contributed by atoms with van der Waals surface area (Å²) in [6.07, 6.45) is -0.361. The Bertz CT molecular complexity index is 1060. The summed E-state index contributed by atoms with van der Waals surface area (Å²) in [4.78, 5) is 24.8. The van der Waals surface area contributed by atoms with Gasteiger partial charge in [0.15, 0.2) is 5.57 Å². The molecule has 0 aliphatic carbocycles. The first-order chi connectivity index (χ1) is 14.1. The number of amides is 2. The molecule has 0 spiro atoms. The summed E-state index contributed by atoms with van der Waals surface area (Å²) in [6.45, 7) is 4.58. The number of aliphatic hydroxyl groups excluding tert-OH is 1. The van der Waals surface area contributed by atoms with Crippen molar-refractivity contribution in [1.82, 2.24) is 0 Å². The molecular weight excluding hydrogens is 413 g/mol. The van der Waals surface area contributed by atoms with Crippen molar-refractivity contribution in [1.29, 1.82) is 5.26 Å². The van der Waals surface area contributed by atoms with Gasteiger partial charge in [0.1, 0.15) is 23.4 Å². The Morgan fingerprint density at radius 1 is 1.20 bits per heavy atom. The first-order valence-electron chi connectivity index (χ1n) is 8.81. The average Bonchev–Trinajstić information content (AvgIpc) is 2.65. The van der Waals surface area contributed by atoms with Crippen LogP contribution < -0.4 is 15.4 Å². The minimum atomic E-state index is -1.000. The summed E-state index contributed by atoms with van der Waals surface area (Å²) in [5.74, 6) is -3.10. The normalized spacial score (nSPS) is 11.4. The molecule has 2 rings (SSSR count). The van der Waals surface area contributed by atoms with Crippen LogP contribution >= 0.6 is 11.6 Å². The van der Waals surface area contributed by atoms with Gasteiger partial charge in [-0.25, -0.2) is 4.39 Å². The van der Waals surface area contributed by atoms with Crippen molar-refractivity contribution >= 4 is 34.8 Å². The highest BCUT2D eigenvalue weighted by molar-refractivity contribution is 6.34. The molecule has 3 N–H and O–H groups in total. The molecule has 0 aromatic heterocycles. The molecule has 0 bridgehead atoms. The largest absolute Gasteiger partial charge is 0.511 e. The number of allylic oxidation sites excluding steroid dienone is 1. The zero-order valence-corrected chi connectivity index (χ0v) is 17.2. The van der Waals surface area contributed by atoms with Crippen LogP contribution in [0.15, 0.2) is 47.7 Å². The molecule has 0 heterocycles. The molecule has 2 amide bonds. The Morgan fingerprint density at radius 3 is 2.43 bits per heavy atom. The fourth-order valence-corrected chi connectivity index (χ4v) is 2.59. The minimum absolute atomic E-state index is 0.00876. The molecule has 0 unspecified atom stereocenters. The molecule has 2 aromatic rings. The van der Waals surface area contributed by atoms with Gasteiger partial charge in [0.25, 0.3) is 11.8 Å². The second-order valence-electron chi connectivity index (χ2n) is 6.46. The van der Waals surface area contributed by atoms with Crippen LogP contribution in [0.3, 0.4) is 0 Å². The van der Waals surface area contributed by atoms with Crippen LogP contribution in [-0.2, 0) is 4.79 Å². The molecule has 0 atom stereocenters. The predicted octanol–water partition coefficient (Wildman–Crippen LogP) is 4.81. The fraction of sp³-hybridized carbons (Fsp3) is 0.190. The maximum Gasteiger partial charge on any atom is 0.269 e. The van der Waals surface area contributed by atoms with Gasteiger partial charge in [-0.2, -0.15) is 5.26 Å². The van der Waals surface area contributed by atoms with Gasteiger partial charge in [-0.3, -0.25) is 9.59 Å². The summed E-state index contributed by atoms with van der Waals surface area (Å²) >= 11 is 6.04. The molecule has 0 fully saturated rings. The van der Waals surface area contributed by atoms with Gasteiger partial charge < -0.3 is 20.5 Å². The lowest BCUT2D eigenvalue weighted by atomic mass is 10.1. The molecule has 7 nitrogen and oxygen atoms in total. The number of nitriles is 1. The van der Waals surface area contributed by atoms with E-state index in [2.05, 4.69) is 10.6 Å². The molecule has 0 saturated carbocycles. The minimum Gasteiger partial charge on any atom is -0.511 e. The number of carbonyl (C=O) groups excluding carboxylic acids is 2. The van der Waals surface area contributed by atoms with Crippen LogP contribution in [0.2, 0.25) is 5.02 Å². The third kappa shape index (κ3) is 5.49. The van der Waals surface area contributed by atoms with E-state index in [0.717, 1.165) is 19.1 Å². The van der Waals surface area contributed by atoms with E-state index >= 15 is 0 Å². The molecular formula is C21H19ClFN3O4. The quantitative estimate of drug-likeness (QED) is 0.345. The van der Waals surface area contributed by atoms with Gasteiger partial charge in [-0.05, 0) is 39.0 Å². The van der Waals surface area contributed by atoms with Crippen molar-refractivity contribution in [3.05, 3.63) is 64.1 Å². The topological polar surface area (TPSA) is 111 Å². The van der Waals surface area contributed by atoms with E-state index in [4.69, 9.17) is 21.6 Å². The highest BCUT2D eigenvalue weighted by Crippen LogP contribution is 2.30. The Morgan fingerprint density at radius 2 is 1.87 bits per heavy atom. The highest BCUT2D eigenvalue weighted by Gasteiger charge is 2.21. The number of rotatable bonds is 6. The van der Waals surface area contributed by atoms with Crippen molar-refractivity contribution in [3.8, 4) is 11.8 Å². The number of halogens is 2. The number of ether oxygens (including phenoxy) is 1. The SMILES string of the molecule is C/C(O)=C(\C#N)C(=O)Nc1cc(OC(C)C)c(C(=O)Nc2ccccc2Cl)cc1F. The van der Waals surface area contributed by atoms with E-state index in [-0.39, 0.29) is 23.1 Å². The Hall–Kier alpha value is -3.57. The number of benzene rings is 2. The van der Waals surface area contributed by atoms with Crippen LogP contribution in [0.4, 0.5) is 15.8 Å². The van der Waals surface area contributed by atoms with E-state index in [1.165, 1.54) is 6.07 Å². The lowest BCUT2D eigenvalue weighted by Crippen LogP contribution is -2.19. The van der Waals surface area contributed by atoms with Crippen molar-refractivity contribution < 1.29 is 23.8 Å². The molecule has 156 valence electrons. The molecule has 2 aromatic carbocycles. The summed E-state index contributed by atoms with van der Waals surface area (Å²) in [5, 5.41) is 23.4. The molecule has 0 radical (unpaired) electrons. The van der Waals surface area contributed by atoms with Crippen LogP contribution in [0.5, 0.6) is 5.75 Å². The summed E-state index contributed by atoms with van der Waals surface area (Å²) in [5.41, 5.74) is -0.673. The maximum atomic E-state index is 14.6. The monoisotopic (exact) mass is 431 g/mol. The average molecular weight is 432 g/mol. The number of anilines is 2. The number of hydrogen-bond acceptors (Lipinski definition) is 5. The van der Waals surface area contributed by atoms with Crippen LogP contribution in [0.1, 0.15) is 31.1 Å². The molecule has 0 aliphatic heterocycles. The molecule has 0 aliphatic rings. The zero-order chi connectivity index (χ0) is 22.4. The van der Waals surface area contributed by atoms with Crippen molar-refractivity contribution in [2.45, 2.75) is 26.9 Å². The Kier molecular flexibility index (Phi) is 7.39. The van der Waals surface area contributed by atoms with Crippen molar-refractivity contribution in [2.75, 3.05) is 10.6 Å². The number of para-hydroxylation sites is 1. The van der Waals surface area contributed by atoms with Crippen LogP contribution in [0.25, 0.3) is 0 Å². The summed E-state index contributed by atoms with van der Waals surface area (Å²) in [7, 11) is 0. The number of aliphatic hydroxyl groups is 1. The molecule has 0 saturated heterocycles. The third-order valence-corrected chi connectivity index (χ3v) is 4.08. The van der Waals surface area contributed by atoms with Gasteiger partial charge in [0, 0.05) is 6.07 Å². The summed E-state index contributed by atoms with van der Waals surface area (Å²) in [6, 6.07) is 10.1. The summed E-state index contributed by atoms with van der Waals surface area (Å²) < 4.78 is 20.2. The van der Waals surface area contributed by atoms with Crippen molar-refractivity contribution in [2.24, 2.45) is 0 Å².